The number of halogens is 4. The van der Waals surface area contributed by atoms with E-state index >= 15 is 0 Å². The van der Waals surface area contributed by atoms with Crippen molar-refractivity contribution in [2.24, 2.45) is 0 Å². The summed E-state index contributed by atoms with van der Waals surface area (Å²) in [5.74, 6) is 0.715. The van der Waals surface area contributed by atoms with Crippen molar-refractivity contribution in [1.29, 1.82) is 0 Å². The molecule has 0 aliphatic rings. The van der Waals surface area contributed by atoms with E-state index in [0.29, 0.717) is 34.4 Å². The van der Waals surface area contributed by atoms with Crippen LogP contribution in [0.4, 0.5) is 11.4 Å². The van der Waals surface area contributed by atoms with E-state index in [9.17, 15) is 29.8 Å². The number of amides is 2. The minimum atomic E-state index is -1.33. The van der Waals surface area contributed by atoms with Crippen LogP contribution in [0, 0.1) is 20.2 Å². The molecule has 13 nitrogen and oxygen atoms in total. The quantitative estimate of drug-likeness (QED) is 0.0538. The van der Waals surface area contributed by atoms with E-state index in [1.54, 1.807) is 66.7 Å². The second-order valence-corrected chi connectivity index (χ2v) is 13.8. The number of carbonyl (C=O) groups excluding carboxylic acids is 2. The van der Waals surface area contributed by atoms with Crippen LogP contribution in [0.3, 0.4) is 0 Å². The molecule has 1 heterocycles. The molecule has 0 bridgehead atoms. The lowest BCUT2D eigenvalue weighted by molar-refractivity contribution is -0.385. The number of nitrogens with zero attached hydrogens (tertiary/aromatic N) is 5. The van der Waals surface area contributed by atoms with E-state index < -0.39 is 31.3 Å². The summed E-state index contributed by atoms with van der Waals surface area (Å²) in [6.45, 7) is 0.350. The van der Waals surface area contributed by atoms with Gasteiger partial charge in [0.25, 0.3) is 23.2 Å². The number of non-ortho nitro benzene ring substituents is 2. The third-order valence-corrected chi connectivity index (χ3v) is 8.47. The molecular weight excluding hydrogens is 784 g/mol. The Bertz CT molecular complexity index is 1940. The summed E-state index contributed by atoms with van der Waals surface area (Å²) in [4.78, 5) is 51.9. The number of alkyl halides is 4. The van der Waals surface area contributed by atoms with Gasteiger partial charge in [0.15, 0.2) is 9.67 Å². The van der Waals surface area contributed by atoms with Crippen LogP contribution in [-0.2, 0) is 35.8 Å². The van der Waals surface area contributed by atoms with Crippen LogP contribution in [0.2, 0.25) is 0 Å². The summed E-state index contributed by atoms with van der Waals surface area (Å²) in [7, 11) is 0. The number of nitro groups is 2. The van der Waals surface area contributed by atoms with Crippen molar-refractivity contribution in [2.45, 2.75) is 35.9 Å². The Kier molecular flexibility index (Phi) is 13.6. The fraction of sp³-hybridized carbons (Fsp3) is 0.162. The van der Waals surface area contributed by atoms with Crippen molar-refractivity contribution < 1.29 is 28.9 Å². The lowest BCUT2D eigenvalue weighted by Crippen LogP contribution is -2.35. The van der Waals surface area contributed by atoms with Gasteiger partial charge in [0.05, 0.1) is 34.3 Å². The first-order chi connectivity index (χ1) is 25.8. The van der Waals surface area contributed by atoms with Crippen LogP contribution in [-0.4, -0.2) is 46.1 Å². The summed E-state index contributed by atoms with van der Waals surface area (Å²) in [5, 5.41) is 21.8. The smallest absolute Gasteiger partial charge is 0.269 e. The third kappa shape index (κ3) is 11.3. The van der Waals surface area contributed by atoms with Crippen LogP contribution < -0.4 is 9.47 Å². The highest BCUT2D eigenvalue weighted by Crippen LogP contribution is 2.27. The Balaban J connectivity index is 1.25. The lowest BCUT2D eigenvalue weighted by Gasteiger charge is -2.25. The van der Waals surface area contributed by atoms with E-state index in [1.807, 2.05) is 0 Å². The molecule has 278 valence electrons. The molecule has 0 radical (unpaired) electrons. The standard InChI is InChI=1S/C37H29Cl4N5O8/c38-34(39)36(47)43(20-24-4-12-30(13-5-24)53-32-16-8-28(9-17-32)45(49)50)22-26-2-1-3-27(42-26)23-44(37(48)35(40)41)21-25-6-14-31(15-7-25)54-33-18-10-29(11-19-33)46(51)52/h1-19,34-35H,20-23H2. The number of pyridine rings is 1. The summed E-state index contributed by atoms with van der Waals surface area (Å²) < 4.78 is 11.6. The molecule has 4 aromatic carbocycles. The van der Waals surface area contributed by atoms with Crippen molar-refractivity contribution in [3.05, 3.63) is 158 Å². The molecule has 0 spiro atoms. The van der Waals surface area contributed by atoms with Gasteiger partial charge in [-0.1, -0.05) is 76.7 Å². The van der Waals surface area contributed by atoms with E-state index in [1.165, 1.54) is 58.3 Å². The first-order valence-electron chi connectivity index (χ1n) is 16.0. The van der Waals surface area contributed by atoms with E-state index in [-0.39, 0.29) is 37.6 Å². The second-order valence-electron chi connectivity index (χ2n) is 11.6. The van der Waals surface area contributed by atoms with Gasteiger partial charge in [0, 0.05) is 37.4 Å². The molecule has 0 aliphatic heterocycles. The highest BCUT2D eigenvalue weighted by molar-refractivity contribution is 6.53. The van der Waals surface area contributed by atoms with Gasteiger partial charge in [0.1, 0.15) is 23.0 Å². The first-order valence-corrected chi connectivity index (χ1v) is 17.7. The SMILES string of the molecule is O=C(C(Cl)Cl)N(Cc1ccc(Oc2ccc([N+](=O)[O-])cc2)cc1)Cc1cccc(CN(Cc2ccc(Oc3ccc([N+](=O)[O-])cc3)cc2)C(=O)C(Cl)Cl)n1. The molecule has 0 N–H and O–H groups in total. The Morgan fingerprint density at radius 3 is 1.15 bits per heavy atom. The van der Waals surface area contributed by atoms with Gasteiger partial charge in [-0.25, -0.2) is 0 Å². The van der Waals surface area contributed by atoms with Gasteiger partial charge < -0.3 is 19.3 Å². The molecule has 0 unspecified atom stereocenters. The maximum atomic E-state index is 13.1. The average molecular weight is 813 g/mol. The topological polar surface area (TPSA) is 158 Å². The zero-order valence-corrected chi connectivity index (χ0v) is 31.0. The van der Waals surface area contributed by atoms with E-state index in [2.05, 4.69) is 0 Å². The van der Waals surface area contributed by atoms with Crippen molar-refractivity contribution >= 4 is 69.6 Å². The van der Waals surface area contributed by atoms with Crippen LogP contribution in [0.15, 0.2) is 115 Å². The number of ether oxygens (including phenoxy) is 2. The number of carbonyl (C=O) groups is 2. The van der Waals surface area contributed by atoms with Gasteiger partial charge in [-0.3, -0.25) is 34.8 Å². The zero-order chi connectivity index (χ0) is 38.8. The maximum Gasteiger partial charge on any atom is 0.269 e. The molecule has 54 heavy (non-hydrogen) atoms. The highest BCUT2D eigenvalue weighted by Gasteiger charge is 2.24. The van der Waals surface area contributed by atoms with Crippen molar-refractivity contribution in [3.8, 4) is 23.0 Å². The predicted octanol–water partition coefficient (Wildman–Crippen LogP) is 9.15. The van der Waals surface area contributed by atoms with E-state index in [4.69, 9.17) is 60.9 Å². The number of benzene rings is 4. The predicted molar refractivity (Wildman–Crippen MR) is 203 cm³/mol. The number of nitro benzene ring substituents is 2. The zero-order valence-electron chi connectivity index (χ0n) is 28.0. The molecule has 17 heteroatoms. The molecular formula is C37H29Cl4N5O8. The molecule has 0 aliphatic carbocycles. The lowest BCUT2D eigenvalue weighted by atomic mass is 10.2. The fourth-order valence-electron chi connectivity index (χ4n) is 5.11. The number of hydrogen-bond acceptors (Lipinski definition) is 9. The molecule has 2 amide bonds. The van der Waals surface area contributed by atoms with Crippen LogP contribution in [0.1, 0.15) is 22.5 Å². The first kappa shape index (κ1) is 39.7. The Labute approximate surface area is 328 Å². The summed E-state index contributed by atoms with van der Waals surface area (Å²) in [6, 6.07) is 30.4. The third-order valence-electron chi connectivity index (χ3n) is 7.73. The van der Waals surface area contributed by atoms with Crippen molar-refractivity contribution in [2.75, 3.05) is 0 Å². The summed E-state index contributed by atoms with van der Waals surface area (Å²) >= 11 is 24.0. The molecule has 0 saturated carbocycles. The largest absolute Gasteiger partial charge is 0.457 e. The maximum absolute atomic E-state index is 13.1. The van der Waals surface area contributed by atoms with Gasteiger partial charge in [0.2, 0.25) is 0 Å². The normalized spacial score (nSPS) is 10.9. The monoisotopic (exact) mass is 811 g/mol. The Morgan fingerprint density at radius 2 is 0.852 bits per heavy atom. The van der Waals surface area contributed by atoms with Crippen molar-refractivity contribution in [1.82, 2.24) is 14.8 Å². The van der Waals surface area contributed by atoms with Gasteiger partial charge in [-0.15, -0.1) is 0 Å². The van der Waals surface area contributed by atoms with Gasteiger partial charge in [-0.2, -0.15) is 0 Å². The number of hydrogen-bond donors (Lipinski definition) is 0. The molecule has 1 aromatic heterocycles. The minimum Gasteiger partial charge on any atom is -0.457 e. The van der Waals surface area contributed by atoms with E-state index in [0.717, 1.165) is 11.1 Å². The van der Waals surface area contributed by atoms with Crippen molar-refractivity contribution in [3.63, 3.8) is 0 Å². The molecule has 5 aromatic rings. The average Bonchev–Trinajstić information content (AvgIpc) is 3.15. The molecule has 5 rings (SSSR count). The molecule has 0 fully saturated rings. The Hall–Kier alpha value is -5.47. The fourth-order valence-corrected chi connectivity index (χ4v) is 5.66. The van der Waals surface area contributed by atoms with Crippen LogP contribution in [0.5, 0.6) is 23.0 Å². The highest BCUT2D eigenvalue weighted by atomic mass is 35.5. The van der Waals surface area contributed by atoms with Gasteiger partial charge >= 0.3 is 0 Å². The number of rotatable bonds is 16. The van der Waals surface area contributed by atoms with Gasteiger partial charge in [-0.05, 0) is 71.8 Å². The van der Waals surface area contributed by atoms with Crippen LogP contribution in [0.25, 0.3) is 0 Å². The van der Waals surface area contributed by atoms with Crippen LogP contribution >= 0.6 is 46.4 Å². The summed E-state index contributed by atoms with van der Waals surface area (Å²) in [6.07, 6.45) is 0. The summed E-state index contributed by atoms with van der Waals surface area (Å²) in [5.41, 5.74) is 2.37. The second kappa shape index (κ2) is 18.5. The number of aromatic nitrogens is 1. The molecule has 0 saturated heterocycles. The Morgan fingerprint density at radius 1 is 0.537 bits per heavy atom. The molecule has 0 atom stereocenters. The minimum absolute atomic E-state index is 0.0431.